The Hall–Kier alpha value is -0.480. The van der Waals surface area contributed by atoms with Crippen molar-refractivity contribution >= 4 is 11.8 Å². The van der Waals surface area contributed by atoms with Crippen LogP contribution in [0, 0.1) is 12.8 Å². The van der Waals surface area contributed by atoms with Crippen molar-refractivity contribution in [3.63, 3.8) is 0 Å². The van der Waals surface area contributed by atoms with Gasteiger partial charge in [0.25, 0.3) is 0 Å². The minimum absolute atomic E-state index is 0.754. The minimum Gasteiger partial charge on any atom is -0.317 e. The number of aromatic nitrogens is 2. The summed E-state index contributed by atoms with van der Waals surface area (Å²) in [5.41, 5.74) is 1.11. The smallest absolute Gasteiger partial charge is 0.0939 e. The molecule has 1 heterocycles. The zero-order valence-electron chi connectivity index (χ0n) is 11.1. The van der Waals surface area contributed by atoms with E-state index in [-0.39, 0.29) is 0 Å². The lowest BCUT2D eigenvalue weighted by Gasteiger charge is -2.18. The van der Waals surface area contributed by atoms with E-state index in [1.54, 1.807) is 0 Å². The Bertz CT molecular complexity index is 362. The van der Waals surface area contributed by atoms with Gasteiger partial charge in [-0.3, -0.25) is 4.68 Å². The maximum atomic E-state index is 4.38. The first-order chi connectivity index (χ1) is 8.20. The molecule has 0 bridgehead atoms. The second-order valence-electron chi connectivity index (χ2n) is 4.97. The summed E-state index contributed by atoms with van der Waals surface area (Å²) in [6.45, 7) is 2.05. The number of rotatable bonds is 5. The summed E-state index contributed by atoms with van der Waals surface area (Å²) >= 11 is 1.94. The van der Waals surface area contributed by atoms with E-state index < -0.39 is 0 Å². The van der Waals surface area contributed by atoms with Crippen molar-refractivity contribution in [2.24, 2.45) is 13.0 Å². The third kappa shape index (κ3) is 3.26. The van der Waals surface area contributed by atoms with Gasteiger partial charge < -0.3 is 5.32 Å². The Morgan fingerprint density at radius 1 is 1.53 bits per heavy atom. The van der Waals surface area contributed by atoms with Crippen LogP contribution in [0.4, 0.5) is 0 Å². The molecule has 17 heavy (non-hydrogen) atoms. The van der Waals surface area contributed by atoms with Crippen LogP contribution in [0.15, 0.2) is 11.1 Å². The molecule has 2 unspecified atom stereocenters. The summed E-state index contributed by atoms with van der Waals surface area (Å²) in [5.74, 6) is 2.09. The third-order valence-electron chi connectivity index (χ3n) is 3.73. The predicted octanol–water partition coefficient (Wildman–Crippen LogP) is 2.60. The highest BCUT2D eigenvalue weighted by molar-refractivity contribution is 7.99. The Kier molecular flexibility index (Phi) is 4.51. The van der Waals surface area contributed by atoms with Crippen LogP contribution in [0.1, 0.15) is 31.4 Å². The molecule has 1 aromatic heterocycles. The van der Waals surface area contributed by atoms with Crippen LogP contribution in [0.3, 0.4) is 0 Å². The van der Waals surface area contributed by atoms with Gasteiger partial charge in [0, 0.05) is 13.1 Å². The van der Waals surface area contributed by atoms with Gasteiger partial charge in [-0.1, -0.05) is 6.42 Å². The molecule has 96 valence electrons. The van der Waals surface area contributed by atoms with Crippen LogP contribution < -0.4 is 5.32 Å². The molecule has 3 nitrogen and oxygen atoms in total. The molecule has 1 aromatic rings. The second-order valence-corrected chi connectivity index (χ2v) is 6.09. The van der Waals surface area contributed by atoms with Crippen molar-refractivity contribution in [3.05, 3.63) is 11.8 Å². The standard InChI is InChI=1S/C13H23N3S/c1-10-9-13(16(3)15-10)17-8-7-11-5-4-6-12(11)14-2/h9,11-12,14H,4-8H2,1-3H3. The third-order valence-corrected chi connectivity index (χ3v) is 4.85. The quantitative estimate of drug-likeness (QED) is 0.818. The van der Waals surface area contributed by atoms with Gasteiger partial charge in [-0.05, 0) is 51.0 Å². The molecule has 2 rings (SSSR count). The lowest BCUT2D eigenvalue weighted by molar-refractivity contribution is 0.417. The van der Waals surface area contributed by atoms with Crippen LogP contribution in [0.25, 0.3) is 0 Å². The van der Waals surface area contributed by atoms with Crippen LogP contribution in [-0.2, 0) is 7.05 Å². The van der Waals surface area contributed by atoms with Crippen molar-refractivity contribution in [2.45, 2.75) is 43.7 Å². The molecule has 0 amide bonds. The molecular weight excluding hydrogens is 230 g/mol. The molecule has 0 aliphatic heterocycles. The van der Waals surface area contributed by atoms with Gasteiger partial charge >= 0.3 is 0 Å². The molecule has 1 saturated carbocycles. The van der Waals surface area contributed by atoms with Crippen molar-refractivity contribution in [1.29, 1.82) is 0 Å². The average Bonchev–Trinajstić information content (AvgIpc) is 2.86. The summed E-state index contributed by atoms with van der Waals surface area (Å²) in [6, 6.07) is 2.93. The largest absolute Gasteiger partial charge is 0.317 e. The highest BCUT2D eigenvalue weighted by Crippen LogP contribution is 2.30. The van der Waals surface area contributed by atoms with Gasteiger partial charge in [-0.15, -0.1) is 11.8 Å². The number of hydrogen-bond donors (Lipinski definition) is 1. The number of nitrogens with zero attached hydrogens (tertiary/aromatic N) is 2. The lowest BCUT2D eigenvalue weighted by atomic mass is 10.0. The fraction of sp³-hybridized carbons (Fsp3) is 0.769. The zero-order valence-corrected chi connectivity index (χ0v) is 11.9. The van der Waals surface area contributed by atoms with Gasteiger partial charge in [0.15, 0.2) is 0 Å². The van der Waals surface area contributed by atoms with E-state index in [9.17, 15) is 0 Å². The average molecular weight is 253 g/mol. The molecule has 1 aliphatic rings. The second kappa shape index (κ2) is 5.91. The molecule has 0 saturated heterocycles. The molecule has 0 spiro atoms. The zero-order chi connectivity index (χ0) is 12.3. The van der Waals surface area contributed by atoms with E-state index >= 15 is 0 Å². The van der Waals surface area contributed by atoms with E-state index in [4.69, 9.17) is 0 Å². The van der Waals surface area contributed by atoms with Crippen LogP contribution in [0.2, 0.25) is 0 Å². The van der Waals surface area contributed by atoms with Crippen LogP contribution in [-0.4, -0.2) is 28.6 Å². The van der Waals surface area contributed by atoms with Gasteiger partial charge in [-0.25, -0.2) is 0 Å². The first-order valence-electron chi connectivity index (χ1n) is 6.51. The number of hydrogen-bond acceptors (Lipinski definition) is 3. The van der Waals surface area contributed by atoms with Crippen molar-refractivity contribution in [1.82, 2.24) is 15.1 Å². The van der Waals surface area contributed by atoms with Crippen LogP contribution >= 0.6 is 11.8 Å². The number of nitrogens with one attached hydrogen (secondary N) is 1. The molecule has 2 atom stereocenters. The minimum atomic E-state index is 0.754. The van der Waals surface area contributed by atoms with Crippen molar-refractivity contribution in [2.75, 3.05) is 12.8 Å². The Balaban J connectivity index is 1.77. The summed E-state index contributed by atoms with van der Waals surface area (Å²) < 4.78 is 1.99. The van der Waals surface area contributed by atoms with Gasteiger partial charge in [0.2, 0.25) is 0 Å². The Morgan fingerprint density at radius 3 is 3.00 bits per heavy atom. The van der Waals surface area contributed by atoms with E-state index in [0.29, 0.717) is 0 Å². The highest BCUT2D eigenvalue weighted by atomic mass is 32.2. The summed E-state index contributed by atoms with van der Waals surface area (Å²) in [4.78, 5) is 0. The predicted molar refractivity (Wildman–Crippen MR) is 73.5 cm³/mol. The lowest BCUT2D eigenvalue weighted by Crippen LogP contribution is -2.29. The van der Waals surface area contributed by atoms with Gasteiger partial charge in [0.05, 0.1) is 10.7 Å². The number of aryl methyl sites for hydroxylation is 2. The molecule has 1 fully saturated rings. The fourth-order valence-corrected chi connectivity index (χ4v) is 3.91. The summed E-state index contributed by atoms with van der Waals surface area (Å²) in [7, 11) is 4.13. The molecule has 0 radical (unpaired) electrons. The van der Waals surface area contributed by atoms with E-state index in [1.807, 2.05) is 23.5 Å². The first kappa shape index (κ1) is 13.0. The first-order valence-corrected chi connectivity index (χ1v) is 7.50. The number of thioether (sulfide) groups is 1. The maximum Gasteiger partial charge on any atom is 0.0939 e. The topological polar surface area (TPSA) is 29.9 Å². The van der Waals surface area contributed by atoms with Gasteiger partial charge in [0.1, 0.15) is 0 Å². The SMILES string of the molecule is CNC1CCCC1CCSc1cc(C)nn1C. The summed E-state index contributed by atoms with van der Waals surface area (Å²) in [6.07, 6.45) is 5.47. The normalized spacial score (nSPS) is 24.4. The van der Waals surface area contributed by atoms with E-state index in [0.717, 1.165) is 17.7 Å². The van der Waals surface area contributed by atoms with E-state index in [1.165, 1.54) is 36.5 Å². The van der Waals surface area contributed by atoms with Crippen molar-refractivity contribution < 1.29 is 0 Å². The Morgan fingerprint density at radius 2 is 2.35 bits per heavy atom. The molecule has 0 aromatic carbocycles. The van der Waals surface area contributed by atoms with Crippen molar-refractivity contribution in [3.8, 4) is 0 Å². The summed E-state index contributed by atoms with van der Waals surface area (Å²) in [5, 5.41) is 9.12. The molecule has 1 aliphatic carbocycles. The van der Waals surface area contributed by atoms with Crippen LogP contribution in [0.5, 0.6) is 0 Å². The van der Waals surface area contributed by atoms with Gasteiger partial charge in [-0.2, -0.15) is 5.10 Å². The molecule has 4 heteroatoms. The van der Waals surface area contributed by atoms with E-state index in [2.05, 4.69) is 30.5 Å². The maximum absolute atomic E-state index is 4.38. The molecular formula is C13H23N3S. The highest BCUT2D eigenvalue weighted by Gasteiger charge is 2.25. The monoisotopic (exact) mass is 253 g/mol. The molecule has 1 N–H and O–H groups in total. The fourth-order valence-electron chi connectivity index (χ4n) is 2.80. The Labute approximate surface area is 108 Å².